The van der Waals surface area contributed by atoms with Crippen LogP contribution < -0.4 is 5.73 Å². The molecule has 0 atom stereocenters. The number of aromatic amines is 2. The van der Waals surface area contributed by atoms with Crippen molar-refractivity contribution >= 4 is 27.5 Å². The van der Waals surface area contributed by atoms with Crippen molar-refractivity contribution in [2.75, 3.05) is 5.73 Å². The Hall–Kier alpha value is -3.46. The van der Waals surface area contributed by atoms with Gasteiger partial charge in [0.1, 0.15) is 0 Å². The van der Waals surface area contributed by atoms with Crippen molar-refractivity contribution in [3.05, 3.63) is 102 Å². The second-order valence-corrected chi connectivity index (χ2v) is 6.68. The average Bonchev–Trinajstić information content (AvgIpc) is 3.29. The highest BCUT2D eigenvalue weighted by atomic mass is 14.7. The third kappa shape index (κ3) is 2.29. The Morgan fingerprint density at radius 3 is 1.65 bits per heavy atom. The molecule has 5 rings (SSSR count). The van der Waals surface area contributed by atoms with Crippen molar-refractivity contribution in [3.8, 4) is 0 Å². The summed E-state index contributed by atoms with van der Waals surface area (Å²) in [5.74, 6) is 0.128. The molecule has 0 aliphatic carbocycles. The maximum absolute atomic E-state index is 5.93. The number of hydrogen-bond acceptors (Lipinski definition) is 1. The van der Waals surface area contributed by atoms with E-state index in [0.29, 0.717) is 0 Å². The fourth-order valence-electron chi connectivity index (χ4n) is 3.88. The van der Waals surface area contributed by atoms with Crippen LogP contribution >= 0.6 is 0 Å². The smallest absolute Gasteiger partial charge is 0.0457 e. The topological polar surface area (TPSA) is 57.6 Å². The van der Waals surface area contributed by atoms with Gasteiger partial charge in [0.15, 0.2) is 0 Å². The fraction of sp³-hybridized carbons (Fsp3) is 0.0435. The molecule has 0 bridgehead atoms. The molecule has 2 aromatic heterocycles. The number of para-hydroxylation sites is 2. The standard InChI is InChI=1S/C23H19N3/c24-16-11-9-15(10-12-16)23(19-13-25-21-7-3-1-5-17(19)21)20-14-26-22-8-4-2-6-18(20)22/h1-14,23,25-26H,24H2. The summed E-state index contributed by atoms with van der Waals surface area (Å²) in [4.78, 5) is 6.85. The third-order valence-electron chi connectivity index (χ3n) is 5.13. The highest BCUT2D eigenvalue weighted by Crippen LogP contribution is 2.39. The zero-order valence-corrected chi connectivity index (χ0v) is 14.2. The molecular formula is C23H19N3. The molecule has 2 heterocycles. The highest BCUT2D eigenvalue weighted by molar-refractivity contribution is 5.89. The van der Waals surface area contributed by atoms with Gasteiger partial charge in [-0.25, -0.2) is 0 Å². The Kier molecular flexibility index (Phi) is 3.32. The summed E-state index contributed by atoms with van der Waals surface area (Å²) in [7, 11) is 0. The maximum atomic E-state index is 5.93. The molecule has 0 aliphatic rings. The van der Waals surface area contributed by atoms with Gasteiger partial charge >= 0.3 is 0 Å². The third-order valence-corrected chi connectivity index (χ3v) is 5.13. The molecule has 0 radical (unpaired) electrons. The molecule has 3 aromatic carbocycles. The summed E-state index contributed by atoms with van der Waals surface area (Å²) in [6.07, 6.45) is 4.26. The van der Waals surface area contributed by atoms with E-state index in [1.54, 1.807) is 0 Å². The van der Waals surface area contributed by atoms with Gasteiger partial charge in [-0.3, -0.25) is 0 Å². The van der Waals surface area contributed by atoms with Crippen molar-refractivity contribution in [2.45, 2.75) is 5.92 Å². The van der Waals surface area contributed by atoms with Crippen molar-refractivity contribution in [3.63, 3.8) is 0 Å². The Morgan fingerprint density at radius 2 is 1.12 bits per heavy atom. The minimum absolute atomic E-state index is 0.128. The number of aromatic nitrogens is 2. The molecule has 0 saturated heterocycles. The molecule has 0 spiro atoms. The van der Waals surface area contributed by atoms with E-state index in [-0.39, 0.29) is 5.92 Å². The maximum Gasteiger partial charge on any atom is 0.0457 e. The zero-order chi connectivity index (χ0) is 17.5. The normalized spacial score (nSPS) is 11.6. The van der Waals surface area contributed by atoms with Crippen LogP contribution in [0.1, 0.15) is 22.6 Å². The lowest BCUT2D eigenvalue weighted by Gasteiger charge is -2.17. The van der Waals surface area contributed by atoms with Crippen LogP contribution in [0.15, 0.2) is 85.2 Å². The summed E-state index contributed by atoms with van der Waals surface area (Å²) < 4.78 is 0. The second-order valence-electron chi connectivity index (χ2n) is 6.68. The van der Waals surface area contributed by atoms with Crippen LogP contribution in [0.2, 0.25) is 0 Å². The van der Waals surface area contributed by atoms with Gasteiger partial charge < -0.3 is 15.7 Å². The molecule has 0 saturated carbocycles. The van der Waals surface area contributed by atoms with Crippen molar-refractivity contribution < 1.29 is 0 Å². The molecule has 3 nitrogen and oxygen atoms in total. The fourth-order valence-corrected chi connectivity index (χ4v) is 3.88. The van der Waals surface area contributed by atoms with Gasteiger partial charge in [0.2, 0.25) is 0 Å². The summed E-state index contributed by atoms with van der Waals surface area (Å²) >= 11 is 0. The second kappa shape index (κ2) is 5.81. The zero-order valence-electron chi connectivity index (χ0n) is 14.2. The number of nitrogen functional groups attached to an aromatic ring is 1. The Balaban J connectivity index is 1.79. The first-order valence-electron chi connectivity index (χ1n) is 8.79. The van der Waals surface area contributed by atoms with E-state index in [9.17, 15) is 0 Å². The number of hydrogen-bond donors (Lipinski definition) is 3. The van der Waals surface area contributed by atoms with Crippen LogP contribution in [0.3, 0.4) is 0 Å². The average molecular weight is 337 g/mol. The van der Waals surface area contributed by atoms with Gasteiger partial charge in [-0.05, 0) is 41.0 Å². The monoisotopic (exact) mass is 337 g/mol. The van der Waals surface area contributed by atoms with E-state index < -0.39 is 0 Å². The largest absolute Gasteiger partial charge is 0.399 e. The van der Waals surface area contributed by atoms with Crippen LogP contribution in [0.5, 0.6) is 0 Å². The lowest BCUT2D eigenvalue weighted by atomic mass is 9.85. The minimum atomic E-state index is 0.128. The number of anilines is 1. The van der Waals surface area contributed by atoms with Crippen molar-refractivity contribution in [1.29, 1.82) is 0 Å². The first-order valence-corrected chi connectivity index (χ1v) is 8.79. The summed E-state index contributed by atoms with van der Waals surface area (Å²) in [6.45, 7) is 0. The number of rotatable bonds is 3. The first-order chi connectivity index (χ1) is 12.8. The molecule has 0 amide bonds. The number of benzene rings is 3. The molecule has 4 N–H and O–H groups in total. The van der Waals surface area contributed by atoms with E-state index in [2.05, 4.69) is 83.0 Å². The number of H-pyrrole nitrogens is 2. The van der Waals surface area contributed by atoms with Gasteiger partial charge in [0, 0.05) is 45.8 Å². The van der Waals surface area contributed by atoms with Crippen LogP contribution in [0.4, 0.5) is 5.69 Å². The predicted molar refractivity (Wildman–Crippen MR) is 108 cm³/mol. The van der Waals surface area contributed by atoms with E-state index >= 15 is 0 Å². The lowest BCUT2D eigenvalue weighted by Crippen LogP contribution is -2.02. The number of nitrogens with one attached hydrogen (secondary N) is 2. The van der Waals surface area contributed by atoms with Crippen LogP contribution in [-0.2, 0) is 0 Å². The summed E-state index contributed by atoms with van der Waals surface area (Å²) in [5, 5.41) is 2.50. The van der Waals surface area contributed by atoms with Gasteiger partial charge in [-0.1, -0.05) is 48.5 Å². The molecule has 0 aliphatic heterocycles. The number of fused-ring (bicyclic) bond motifs is 2. The van der Waals surface area contributed by atoms with Crippen molar-refractivity contribution in [2.24, 2.45) is 0 Å². The van der Waals surface area contributed by atoms with Crippen LogP contribution in [-0.4, -0.2) is 9.97 Å². The summed E-state index contributed by atoms with van der Waals surface area (Å²) in [5.41, 5.74) is 12.8. The quantitative estimate of drug-likeness (QED) is 0.379. The van der Waals surface area contributed by atoms with Gasteiger partial charge in [-0.15, -0.1) is 0 Å². The van der Waals surface area contributed by atoms with Crippen LogP contribution in [0.25, 0.3) is 21.8 Å². The van der Waals surface area contributed by atoms with Gasteiger partial charge in [-0.2, -0.15) is 0 Å². The van der Waals surface area contributed by atoms with Crippen molar-refractivity contribution in [1.82, 2.24) is 9.97 Å². The molecule has 26 heavy (non-hydrogen) atoms. The molecule has 3 heteroatoms. The minimum Gasteiger partial charge on any atom is -0.399 e. The lowest BCUT2D eigenvalue weighted by molar-refractivity contribution is 0.998. The highest BCUT2D eigenvalue weighted by Gasteiger charge is 2.22. The van der Waals surface area contributed by atoms with E-state index in [4.69, 9.17) is 5.73 Å². The Bertz CT molecular complexity index is 1120. The SMILES string of the molecule is Nc1ccc(C(c2c[nH]c3ccccc23)c2c[nH]c3ccccc23)cc1. The Morgan fingerprint density at radius 1 is 0.615 bits per heavy atom. The van der Waals surface area contributed by atoms with E-state index in [1.807, 2.05) is 12.1 Å². The molecule has 126 valence electrons. The molecule has 5 aromatic rings. The predicted octanol–water partition coefficient (Wildman–Crippen LogP) is 5.41. The Labute approximate surface area is 151 Å². The van der Waals surface area contributed by atoms with Crippen LogP contribution in [0, 0.1) is 0 Å². The summed E-state index contributed by atoms with van der Waals surface area (Å²) in [6, 6.07) is 25.1. The number of nitrogens with two attached hydrogens (primary N) is 1. The molecule has 0 fully saturated rings. The molecule has 0 unspecified atom stereocenters. The molecular weight excluding hydrogens is 318 g/mol. The van der Waals surface area contributed by atoms with E-state index in [0.717, 1.165) is 16.7 Å². The first kappa shape index (κ1) is 14.8. The van der Waals surface area contributed by atoms with Gasteiger partial charge in [0.05, 0.1) is 0 Å². The van der Waals surface area contributed by atoms with Gasteiger partial charge in [0.25, 0.3) is 0 Å². The van der Waals surface area contributed by atoms with E-state index in [1.165, 1.54) is 27.5 Å².